The van der Waals surface area contributed by atoms with E-state index in [9.17, 15) is 0 Å². The molecule has 0 amide bonds. The van der Waals surface area contributed by atoms with E-state index in [0.29, 0.717) is 0 Å². The molecule has 1 atom stereocenters. The first-order valence-corrected chi connectivity index (χ1v) is 7.23. The van der Waals surface area contributed by atoms with Gasteiger partial charge in [-0.25, -0.2) is 0 Å². The number of ether oxygens (including phenoxy) is 2. The van der Waals surface area contributed by atoms with Gasteiger partial charge in [0.25, 0.3) is 0 Å². The van der Waals surface area contributed by atoms with Gasteiger partial charge in [-0.05, 0) is 18.6 Å². The smallest absolute Gasteiger partial charge is 0.234 e. The van der Waals surface area contributed by atoms with E-state index in [2.05, 4.69) is 6.92 Å². The van der Waals surface area contributed by atoms with Gasteiger partial charge in [0.05, 0.1) is 0 Å². The van der Waals surface area contributed by atoms with Crippen LogP contribution in [0.1, 0.15) is 51.9 Å². The Morgan fingerprint density at radius 1 is 1.06 bits per heavy atom. The van der Waals surface area contributed by atoms with Crippen molar-refractivity contribution in [3.63, 3.8) is 0 Å². The van der Waals surface area contributed by atoms with Crippen LogP contribution in [0.15, 0.2) is 30.3 Å². The highest BCUT2D eigenvalue weighted by Crippen LogP contribution is 2.35. The zero-order valence-electron chi connectivity index (χ0n) is 11.4. The van der Waals surface area contributed by atoms with Gasteiger partial charge in [-0.2, -0.15) is 0 Å². The highest BCUT2D eigenvalue weighted by atomic mass is 16.8. The van der Waals surface area contributed by atoms with Crippen molar-refractivity contribution in [3.8, 4) is 5.75 Å². The summed E-state index contributed by atoms with van der Waals surface area (Å²) in [7, 11) is 0. The van der Waals surface area contributed by atoms with Gasteiger partial charge in [-0.1, -0.05) is 57.2 Å². The summed E-state index contributed by atoms with van der Waals surface area (Å²) in [5.41, 5.74) is 0. The van der Waals surface area contributed by atoms with Crippen LogP contribution in [0.3, 0.4) is 0 Å². The number of rotatable bonds is 9. The van der Waals surface area contributed by atoms with Crippen LogP contribution in [0, 0.1) is 0 Å². The van der Waals surface area contributed by atoms with Crippen LogP contribution in [0.5, 0.6) is 5.75 Å². The van der Waals surface area contributed by atoms with Crippen molar-refractivity contribution in [2.24, 2.45) is 0 Å². The van der Waals surface area contributed by atoms with Crippen LogP contribution >= 0.6 is 0 Å². The van der Waals surface area contributed by atoms with E-state index >= 15 is 0 Å². The van der Waals surface area contributed by atoms with E-state index in [1.54, 1.807) is 0 Å². The topological polar surface area (TPSA) is 21.8 Å². The summed E-state index contributed by atoms with van der Waals surface area (Å²) in [6.07, 6.45) is 8.90. The molecule has 2 heteroatoms. The summed E-state index contributed by atoms with van der Waals surface area (Å²) in [5.74, 6) is 0.618. The lowest BCUT2D eigenvalue weighted by Gasteiger charge is -2.14. The van der Waals surface area contributed by atoms with Crippen LogP contribution in [-0.2, 0) is 4.74 Å². The van der Waals surface area contributed by atoms with E-state index < -0.39 is 0 Å². The second kappa shape index (κ2) is 6.79. The zero-order valence-corrected chi connectivity index (χ0v) is 11.4. The molecular formula is C16H24O2. The van der Waals surface area contributed by atoms with Gasteiger partial charge in [0, 0.05) is 6.42 Å². The van der Waals surface area contributed by atoms with Gasteiger partial charge >= 0.3 is 0 Å². The second-order valence-corrected chi connectivity index (χ2v) is 5.13. The van der Waals surface area contributed by atoms with E-state index in [-0.39, 0.29) is 5.79 Å². The minimum Gasteiger partial charge on any atom is -0.460 e. The van der Waals surface area contributed by atoms with Crippen LogP contribution < -0.4 is 4.74 Å². The lowest BCUT2D eigenvalue weighted by molar-refractivity contribution is 0.0513. The Kier molecular flexibility index (Phi) is 5.06. The maximum atomic E-state index is 5.92. The van der Waals surface area contributed by atoms with Crippen molar-refractivity contribution in [2.45, 2.75) is 57.7 Å². The third-order valence-electron chi connectivity index (χ3n) is 3.42. The normalized spacial score (nSPS) is 21.8. The lowest BCUT2D eigenvalue weighted by atomic mass is 10.1. The van der Waals surface area contributed by atoms with E-state index in [4.69, 9.17) is 9.47 Å². The lowest BCUT2D eigenvalue weighted by Crippen LogP contribution is -2.19. The first-order chi connectivity index (χ1) is 8.85. The molecule has 2 nitrogen and oxygen atoms in total. The van der Waals surface area contributed by atoms with Gasteiger partial charge in [-0.3, -0.25) is 0 Å². The van der Waals surface area contributed by atoms with Gasteiger partial charge in [-0.15, -0.1) is 0 Å². The molecular weight excluding hydrogens is 224 g/mol. The molecule has 1 unspecified atom stereocenters. The molecule has 0 aromatic heterocycles. The third-order valence-corrected chi connectivity index (χ3v) is 3.42. The standard InChI is InChI=1S/C16H24O2/c1-2-3-4-5-6-10-13-16(14-17-16)18-15-11-8-7-9-12-15/h7-9,11-12H,2-6,10,13-14H2,1H3. The largest absolute Gasteiger partial charge is 0.460 e. The molecule has 0 bridgehead atoms. The molecule has 1 aromatic rings. The molecule has 1 fully saturated rings. The summed E-state index contributed by atoms with van der Waals surface area (Å²) in [6, 6.07) is 9.97. The number of hydrogen-bond acceptors (Lipinski definition) is 2. The van der Waals surface area contributed by atoms with Gasteiger partial charge in [0.2, 0.25) is 5.79 Å². The van der Waals surface area contributed by atoms with Crippen LogP contribution in [0.4, 0.5) is 0 Å². The number of hydrogen-bond donors (Lipinski definition) is 0. The quantitative estimate of drug-likeness (QED) is 0.472. The number of para-hydroxylation sites is 1. The number of benzene rings is 1. The Bertz CT molecular complexity index is 330. The SMILES string of the molecule is CCCCCCCCC1(Oc2ccccc2)CO1. The first-order valence-electron chi connectivity index (χ1n) is 7.23. The number of unbranched alkanes of at least 4 members (excludes halogenated alkanes) is 5. The highest BCUT2D eigenvalue weighted by Gasteiger charge is 2.47. The molecule has 0 aliphatic carbocycles. The summed E-state index contributed by atoms with van der Waals surface area (Å²) in [5, 5.41) is 0. The predicted molar refractivity (Wildman–Crippen MR) is 73.7 cm³/mol. The molecule has 0 spiro atoms. The molecule has 0 radical (unpaired) electrons. The predicted octanol–water partition coefficient (Wildman–Crippen LogP) is 4.54. The third kappa shape index (κ3) is 4.34. The minimum absolute atomic E-state index is 0.299. The average Bonchev–Trinajstić information content (AvgIpc) is 3.15. The van der Waals surface area contributed by atoms with Crippen molar-refractivity contribution >= 4 is 0 Å². The Labute approximate surface area is 110 Å². The van der Waals surface area contributed by atoms with Crippen molar-refractivity contribution in [1.82, 2.24) is 0 Å². The molecule has 1 heterocycles. The van der Waals surface area contributed by atoms with Crippen LogP contribution in [-0.4, -0.2) is 12.4 Å². The highest BCUT2D eigenvalue weighted by molar-refractivity contribution is 5.22. The van der Waals surface area contributed by atoms with Crippen LogP contribution in [0.25, 0.3) is 0 Å². The first kappa shape index (κ1) is 13.4. The molecule has 18 heavy (non-hydrogen) atoms. The molecule has 1 aliphatic rings. The Morgan fingerprint density at radius 2 is 1.72 bits per heavy atom. The average molecular weight is 248 g/mol. The maximum Gasteiger partial charge on any atom is 0.234 e. The van der Waals surface area contributed by atoms with E-state index in [1.165, 1.54) is 38.5 Å². The summed E-state index contributed by atoms with van der Waals surface area (Å²) < 4.78 is 11.4. The number of epoxide rings is 1. The molecule has 1 aliphatic heterocycles. The molecule has 100 valence electrons. The molecule has 1 saturated heterocycles. The van der Waals surface area contributed by atoms with Gasteiger partial charge < -0.3 is 9.47 Å². The summed E-state index contributed by atoms with van der Waals surface area (Å²) >= 11 is 0. The van der Waals surface area contributed by atoms with Crippen molar-refractivity contribution in [3.05, 3.63) is 30.3 Å². The Hall–Kier alpha value is -1.02. The molecule has 0 N–H and O–H groups in total. The summed E-state index contributed by atoms with van der Waals surface area (Å²) in [6.45, 7) is 3.00. The van der Waals surface area contributed by atoms with Crippen molar-refractivity contribution in [2.75, 3.05) is 6.61 Å². The van der Waals surface area contributed by atoms with E-state index in [0.717, 1.165) is 18.8 Å². The minimum atomic E-state index is -0.299. The van der Waals surface area contributed by atoms with Crippen LogP contribution in [0.2, 0.25) is 0 Å². The molecule has 0 saturated carbocycles. The second-order valence-electron chi connectivity index (χ2n) is 5.13. The van der Waals surface area contributed by atoms with Gasteiger partial charge in [0.15, 0.2) is 0 Å². The fraction of sp³-hybridized carbons (Fsp3) is 0.625. The monoisotopic (exact) mass is 248 g/mol. The Balaban J connectivity index is 1.63. The molecule has 2 rings (SSSR count). The van der Waals surface area contributed by atoms with E-state index in [1.807, 2.05) is 30.3 Å². The zero-order chi connectivity index (χ0) is 12.7. The Morgan fingerprint density at radius 3 is 2.39 bits per heavy atom. The van der Waals surface area contributed by atoms with Crippen molar-refractivity contribution < 1.29 is 9.47 Å². The fourth-order valence-electron chi connectivity index (χ4n) is 2.21. The van der Waals surface area contributed by atoms with Crippen molar-refractivity contribution in [1.29, 1.82) is 0 Å². The fourth-order valence-corrected chi connectivity index (χ4v) is 2.21. The molecule has 1 aromatic carbocycles. The van der Waals surface area contributed by atoms with Gasteiger partial charge in [0.1, 0.15) is 12.4 Å². The maximum absolute atomic E-state index is 5.92. The summed E-state index contributed by atoms with van der Waals surface area (Å²) in [4.78, 5) is 0.